The van der Waals surface area contributed by atoms with Gasteiger partial charge in [-0.1, -0.05) is 20.8 Å². The summed E-state index contributed by atoms with van der Waals surface area (Å²) in [5, 5.41) is 14.9. The summed E-state index contributed by atoms with van der Waals surface area (Å²) in [5.41, 5.74) is 1.14. The summed E-state index contributed by atoms with van der Waals surface area (Å²) in [5.74, 6) is -0.383. The minimum absolute atomic E-state index is 0.0319. The average molecular weight is 402 g/mol. The highest BCUT2D eigenvalue weighted by atomic mass is 127. The van der Waals surface area contributed by atoms with E-state index >= 15 is 0 Å². The predicted molar refractivity (Wildman–Crippen MR) is 89.6 cm³/mol. The zero-order chi connectivity index (χ0) is 14.9. The van der Waals surface area contributed by atoms with Crippen LogP contribution in [0.5, 0.6) is 5.75 Å². The van der Waals surface area contributed by atoms with Gasteiger partial charge in [-0.05, 0) is 40.8 Å². The van der Waals surface area contributed by atoms with Crippen molar-refractivity contribution >= 4 is 45.0 Å². The lowest BCUT2D eigenvalue weighted by Gasteiger charge is -2.14. The Hall–Kier alpha value is -1.15. The van der Waals surface area contributed by atoms with Gasteiger partial charge in [0.2, 0.25) is 0 Å². The summed E-state index contributed by atoms with van der Waals surface area (Å²) < 4.78 is 0.889. The number of carbonyl (C=O) groups is 1. The van der Waals surface area contributed by atoms with E-state index in [1.807, 2.05) is 5.38 Å². The molecule has 0 saturated carbocycles. The minimum Gasteiger partial charge on any atom is -0.507 e. The Balaban J connectivity index is 2.20. The van der Waals surface area contributed by atoms with Gasteiger partial charge in [-0.3, -0.25) is 10.1 Å². The maximum absolute atomic E-state index is 12.1. The Kier molecular flexibility index (Phi) is 4.33. The highest BCUT2D eigenvalue weighted by molar-refractivity contribution is 14.1. The number of carbonyl (C=O) groups excluding carboxylic acids is 1. The van der Waals surface area contributed by atoms with Crippen LogP contribution in [0.15, 0.2) is 23.6 Å². The van der Waals surface area contributed by atoms with Crippen molar-refractivity contribution in [1.82, 2.24) is 4.98 Å². The first kappa shape index (κ1) is 15.2. The molecule has 1 heterocycles. The Morgan fingerprint density at radius 2 is 2.10 bits per heavy atom. The smallest absolute Gasteiger partial charge is 0.261 e. The number of aromatic nitrogens is 1. The van der Waals surface area contributed by atoms with Crippen LogP contribution >= 0.6 is 33.9 Å². The third kappa shape index (κ3) is 3.49. The average Bonchev–Trinajstić information content (AvgIpc) is 2.80. The molecule has 0 atom stereocenters. The lowest BCUT2D eigenvalue weighted by molar-refractivity contribution is 0.102. The van der Waals surface area contributed by atoms with E-state index < -0.39 is 0 Å². The molecule has 0 aliphatic rings. The number of hydrogen-bond donors (Lipinski definition) is 2. The summed E-state index contributed by atoms with van der Waals surface area (Å²) in [4.78, 5) is 16.5. The number of nitrogens with zero attached hydrogens (tertiary/aromatic N) is 1. The van der Waals surface area contributed by atoms with Crippen molar-refractivity contribution in [1.29, 1.82) is 0 Å². The molecule has 2 rings (SSSR count). The fourth-order valence-corrected chi connectivity index (χ4v) is 2.95. The molecule has 0 unspecified atom stereocenters. The molecule has 0 spiro atoms. The lowest BCUT2D eigenvalue weighted by atomic mass is 9.93. The molecule has 1 amide bonds. The standard InChI is InChI=1S/C14H15IN2O2S/c1-14(2,3)11-7-20-13(16-11)17-12(19)9-6-8(15)4-5-10(9)18/h4-7,18H,1-3H3,(H,16,17,19). The zero-order valence-corrected chi connectivity index (χ0v) is 14.4. The first-order valence-corrected chi connectivity index (χ1v) is 7.99. The van der Waals surface area contributed by atoms with E-state index in [1.54, 1.807) is 12.1 Å². The van der Waals surface area contributed by atoms with Gasteiger partial charge in [0.25, 0.3) is 5.91 Å². The van der Waals surface area contributed by atoms with Gasteiger partial charge in [0.05, 0.1) is 11.3 Å². The van der Waals surface area contributed by atoms with E-state index in [1.165, 1.54) is 17.4 Å². The highest BCUT2D eigenvalue weighted by Crippen LogP contribution is 2.27. The number of thiazole rings is 1. The molecule has 0 saturated heterocycles. The van der Waals surface area contributed by atoms with Gasteiger partial charge in [-0.15, -0.1) is 11.3 Å². The molecule has 1 aromatic carbocycles. The molecule has 1 aromatic heterocycles. The van der Waals surface area contributed by atoms with E-state index in [-0.39, 0.29) is 22.6 Å². The van der Waals surface area contributed by atoms with E-state index in [0.717, 1.165) is 9.26 Å². The van der Waals surface area contributed by atoms with Gasteiger partial charge >= 0.3 is 0 Å². The number of anilines is 1. The van der Waals surface area contributed by atoms with Crippen molar-refractivity contribution in [2.75, 3.05) is 5.32 Å². The Morgan fingerprint density at radius 3 is 2.70 bits per heavy atom. The monoisotopic (exact) mass is 402 g/mol. The molecule has 2 N–H and O–H groups in total. The second-order valence-corrected chi connectivity index (χ2v) is 7.51. The van der Waals surface area contributed by atoms with E-state index in [2.05, 4.69) is 53.7 Å². The SMILES string of the molecule is CC(C)(C)c1csc(NC(=O)c2cc(I)ccc2O)n1. The largest absolute Gasteiger partial charge is 0.507 e. The Bertz CT molecular complexity index is 647. The van der Waals surface area contributed by atoms with Crippen LogP contribution in [0, 0.1) is 3.57 Å². The third-order valence-electron chi connectivity index (χ3n) is 2.70. The van der Waals surface area contributed by atoms with Crippen LogP contribution in [-0.2, 0) is 5.41 Å². The van der Waals surface area contributed by atoms with E-state index in [4.69, 9.17) is 0 Å². The van der Waals surface area contributed by atoms with Crippen molar-refractivity contribution < 1.29 is 9.90 Å². The number of amides is 1. The number of nitrogens with one attached hydrogen (secondary N) is 1. The number of benzene rings is 1. The molecule has 0 radical (unpaired) electrons. The van der Waals surface area contributed by atoms with Crippen LogP contribution in [0.3, 0.4) is 0 Å². The van der Waals surface area contributed by atoms with E-state index in [0.29, 0.717) is 5.13 Å². The maximum atomic E-state index is 12.1. The fraction of sp³-hybridized carbons (Fsp3) is 0.286. The Labute approximate surface area is 135 Å². The van der Waals surface area contributed by atoms with Gasteiger partial charge in [0, 0.05) is 14.4 Å². The molecule has 0 fully saturated rings. The van der Waals surface area contributed by atoms with Gasteiger partial charge in [0.1, 0.15) is 5.75 Å². The van der Waals surface area contributed by atoms with Gasteiger partial charge in [0.15, 0.2) is 5.13 Å². The van der Waals surface area contributed by atoms with Crippen molar-refractivity contribution in [3.8, 4) is 5.75 Å². The number of phenolic OH excluding ortho intramolecular Hbond substituents is 1. The van der Waals surface area contributed by atoms with Crippen molar-refractivity contribution in [3.63, 3.8) is 0 Å². The van der Waals surface area contributed by atoms with Crippen LogP contribution in [0.4, 0.5) is 5.13 Å². The fourth-order valence-electron chi connectivity index (χ4n) is 1.53. The van der Waals surface area contributed by atoms with Crippen LogP contribution in [0.25, 0.3) is 0 Å². The predicted octanol–water partition coefficient (Wildman–Crippen LogP) is 4.00. The van der Waals surface area contributed by atoms with E-state index in [9.17, 15) is 9.90 Å². The molecule has 6 heteroatoms. The molecule has 2 aromatic rings. The second kappa shape index (κ2) is 5.69. The van der Waals surface area contributed by atoms with Gasteiger partial charge in [-0.2, -0.15) is 0 Å². The molecule has 20 heavy (non-hydrogen) atoms. The molecular weight excluding hydrogens is 387 g/mol. The third-order valence-corrected chi connectivity index (χ3v) is 4.13. The summed E-state index contributed by atoms with van der Waals surface area (Å²) in [7, 11) is 0. The van der Waals surface area contributed by atoms with Crippen molar-refractivity contribution in [2.45, 2.75) is 26.2 Å². The number of aromatic hydroxyl groups is 1. The summed E-state index contributed by atoms with van der Waals surface area (Å²) in [6.45, 7) is 6.21. The van der Waals surface area contributed by atoms with Crippen molar-refractivity contribution in [3.05, 3.63) is 38.4 Å². The summed E-state index contributed by atoms with van der Waals surface area (Å²) >= 11 is 3.48. The van der Waals surface area contributed by atoms with Gasteiger partial charge in [-0.25, -0.2) is 4.98 Å². The van der Waals surface area contributed by atoms with Crippen LogP contribution in [0.2, 0.25) is 0 Å². The van der Waals surface area contributed by atoms with Crippen molar-refractivity contribution in [2.24, 2.45) is 0 Å². The number of hydrogen-bond acceptors (Lipinski definition) is 4. The second-order valence-electron chi connectivity index (χ2n) is 5.40. The number of phenols is 1. The summed E-state index contributed by atoms with van der Waals surface area (Å²) in [6, 6.07) is 4.90. The molecule has 4 nitrogen and oxygen atoms in total. The Morgan fingerprint density at radius 1 is 1.40 bits per heavy atom. The molecule has 0 aliphatic heterocycles. The maximum Gasteiger partial charge on any atom is 0.261 e. The first-order valence-electron chi connectivity index (χ1n) is 6.03. The normalized spacial score (nSPS) is 11.4. The van der Waals surface area contributed by atoms with Crippen LogP contribution in [0.1, 0.15) is 36.8 Å². The lowest BCUT2D eigenvalue weighted by Crippen LogP contribution is -2.14. The molecule has 106 valence electrons. The zero-order valence-electron chi connectivity index (χ0n) is 11.4. The first-order chi connectivity index (χ1) is 9.27. The summed E-state index contributed by atoms with van der Waals surface area (Å²) in [6.07, 6.45) is 0. The van der Waals surface area contributed by atoms with Crippen LogP contribution in [-0.4, -0.2) is 16.0 Å². The highest BCUT2D eigenvalue weighted by Gasteiger charge is 2.19. The van der Waals surface area contributed by atoms with Crippen LogP contribution < -0.4 is 5.32 Å². The topological polar surface area (TPSA) is 62.2 Å². The molecule has 0 aliphatic carbocycles. The molecular formula is C14H15IN2O2S. The van der Waals surface area contributed by atoms with Gasteiger partial charge < -0.3 is 5.11 Å². The quantitative estimate of drug-likeness (QED) is 0.747. The molecule has 0 bridgehead atoms. The minimum atomic E-state index is -0.351. The number of halogens is 1. The number of rotatable bonds is 2.